The van der Waals surface area contributed by atoms with E-state index in [-0.39, 0.29) is 0 Å². The molecule has 1 saturated heterocycles. The number of thiazole rings is 1. The smallest absolute Gasteiger partial charge is 0.191 e. The molecule has 1 aliphatic rings. The lowest BCUT2D eigenvalue weighted by Gasteiger charge is -2.21. The Morgan fingerprint density at radius 2 is 2.07 bits per heavy atom. The molecule has 1 aromatic carbocycles. The highest BCUT2D eigenvalue weighted by molar-refractivity contribution is 7.13. The Morgan fingerprint density at radius 1 is 1.24 bits per heavy atom. The SMILES string of the molecule is CCNC(=NCc1csc(-c2ccccc2)n1)NCCCOCC1CCOCC1. The third kappa shape index (κ3) is 7.76. The number of nitrogens with one attached hydrogen (secondary N) is 2. The number of hydrogen-bond acceptors (Lipinski definition) is 5. The first-order valence-corrected chi connectivity index (χ1v) is 11.4. The summed E-state index contributed by atoms with van der Waals surface area (Å²) in [6.45, 7) is 7.70. The van der Waals surface area contributed by atoms with Gasteiger partial charge in [0.05, 0.1) is 12.2 Å². The zero-order chi connectivity index (χ0) is 20.2. The highest BCUT2D eigenvalue weighted by atomic mass is 32.1. The minimum absolute atomic E-state index is 0.568. The van der Waals surface area contributed by atoms with Crippen LogP contribution in [0.1, 0.15) is 31.9 Å². The van der Waals surface area contributed by atoms with Crippen molar-refractivity contribution in [1.82, 2.24) is 15.6 Å². The van der Waals surface area contributed by atoms with Crippen LogP contribution in [0.15, 0.2) is 40.7 Å². The Labute approximate surface area is 177 Å². The Hall–Kier alpha value is -1.96. The number of nitrogens with zero attached hydrogens (tertiary/aromatic N) is 2. The van der Waals surface area contributed by atoms with Crippen molar-refractivity contribution in [2.24, 2.45) is 10.9 Å². The van der Waals surface area contributed by atoms with E-state index in [1.165, 1.54) is 0 Å². The molecule has 29 heavy (non-hydrogen) atoms. The van der Waals surface area contributed by atoms with Crippen molar-refractivity contribution in [3.05, 3.63) is 41.4 Å². The van der Waals surface area contributed by atoms with Gasteiger partial charge >= 0.3 is 0 Å². The van der Waals surface area contributed by atoms with Crippen LogP contribution in [0.2, 0.25) is 0 Å². The molecular weight excluding hydrogens is 384 g/mol. The van der Waals surface area contributed by atoms with Crippen LogP contribution < -0.4 is 10.6 Å². The molecule has 0 radical (unpaired) electrons. The van der Waals surface area contributed by atoms with Crippen molar-refractivity contribution in [2.45, 2.75) is 32.7 Å². The van der Waals surface area contributed by atoms with E-state index in [0.717, 1.165) is 81.0 Å². The molecule has 0 amide bonds. The molecule has 1 fully saturated rings. The van der Waals surface area contributed by atoms with Gasteiger partial charge < -0.3 is 20.1 Å². The van der Waals surface area contributed by atoms with E-state index in [9.17, 15) is 0 Å². The van der Waals surface area contributed by atoms with Crippen molar-refractivity contribution in [2.75, 3.05) is 39.5 Å². The summed E-state index contributed by atoms with van der Waals surface area (Å²) >= 11 is 1.66. The summed E-state index contributed by atoms with van der Waals surface area (Å²) in [5.74, 6) is 1.49. The summed E-state index contributed by atoms with van der Waals surface area (Å²) in [5, 5.41) is 9.80. The zero-order valence-corrected chi connectivity index (χ0v) is 18.0. The van der Waals surface area contributed by atoms with Crippen molar-refractivity contribution in [1.29, 1.82) is 0 Å². The van der Waals surface area contributed by atoms with Gasteiger partial charge in [-0.2, -0.15) is 0 Å². The average Bonchev–Trinajstić information content (AvgIpc) is 3.25. The third-order valence-electron chi connectivity index (χ3n) is 4.77. The largest absolute Gasteiger partial charge is 0.381 e. The number of benzene rings is 1. The van der Waals surface area contributed by atoms with Gasteiger partial charge in [-0.05, 0) is 32.1 Å². The van der Waals surface area contributed by atoms with Gasteiger partial charge in [-0.1, -0.05) is 30.3 Å². The molecule has 2 heterocycles. The molecule has 7 heteroatoms. The minimum atomic E-state index is 0.568. The van der Waals surface area contributed by atoms with E-state index < -0.39 is 0 Å². The van der Waals surface area contributed by atoms with Crippen LogP contribution in [-0.4, -0.2) is 50.5 Å². The second kappa shape index (κ2) is 12.6. The van der Waals surface area contributed by atoms with Crippen LogP contribution in [0.4, 0.5) is 0 Å². The molecule has 1 aromatic heterocycles. The van der Waals surface area contributed by atoms with Gasteiger partial charge in [-0.25, -0.2) is 9.98 Å². The second-order valence-electron chi connectivity index (χ2n) is 7.12. The van der Waals surface area contributed by atoms with Crippen molar-refractivity contribution in [3.63, 3.8) is 0 Å². The maximum Gasteiger partial charge on any atom is 0.191 e. The molecule has 0 atom stereocenters. The van der Waals surface area contributed by atoms with Crippen molar-refractivity contribution >= 4 is 17.3 Å². The highest BCUT2D eigenvalue weighted by Crippen LogP contribution is 2.23. The maximum absolute atomic E-state index is 5.82. The Kier molecular flexibility index (Phi) is 9.42. The topological polar surface area (TPSA) is 67.8 Å². The lowest BCUT2D eigenvalue weighted by molar-refractivity contribution is 0.0203. The standard InChI is InChI=1S/C22H32N4O2S/c1-2-23-22(24-11-6-12-28-16-18-9-13-27-14-10-18)25-15-20-17-29-21(26-20)19-7-4-3-5-8-19/h3-5,7-8,17-18H,2,6,9-16H2,1H3,(H2,23,24,25). The third-order valence-corrected chi connectivity index (χ3v) is 5.71. The van der Waals surface area contributed by atoms with E-state index in [2.05, 4.69) is 40.1 Å². The fourth-order valence-corrected chi connectivity index (χ4v) is 3.96. The van der Waals surface area contributed by atoms with Crippen LogP contribution in [-0.2, 0) is 16.0 Å². The quantitative estimate of drug-likeness (QED) is 0.351. The van der Waals surface area contributed by atoms with Crippen molar-refractivity contribution < 1.29 is 9.47 Å². The molecule has 0 unspecified atom stereocenters. The first kappa shape index (κ1) is 21.7. The predicted molar refractivity (Wildman–Crippen MR) is 119 cm³/mol. The summed E-state index contributed by atoms with van der Waals surface area (Å²) < 4.78 is 11.2. The van der Waals surface area contributed by atoms with Crippen LogP contribution in [0.3, 0.4) is 0 Å². The molecule has 6 nitrogen and oxygen atoms in total. The van der Waals surface area contributed by atoms with E-state index >= 15 is 0 Å². The Morgan fingerprint density at radius 3 is 2.86 bits per heavy atom. The number of ether oxygens (including phenoxy) is 2. The maximum atomic E-state index is 5.82. The second-order valence-corrected chi connectivity index (χ2v) is 7.97. The van der Waals surface area contributed by atoms with Gasteiger partial charge in [0.25, 0.3) is 0 Å². The highest BCUT2D eigenvalue weighted by Gasteiger charge is 2.13. The molecule has 0 aliphatic carbocycles. The molecule has 2 N–H and O–H groups in total. The van der Waals surface area contributed by atoms with Gasteiger partial charge in [0.15, 0.2) is 5.96 Å². The molecule has 0 bridgehead atoms. The van der Waals surface area contributed by atoms with Crippen LogP contribution >= 0.6 is 11.3 Å². The monoisotopic (exact) mass is 416 g/mol. The van der Waals surface area contributed by atoms with E-state index in [4.69, 9.17) is 14.5 Å². The molecule has 1 aliphatic heterocycles. The molecule has 158 valence electrons. The fraction of sp³-hybridized carbons (Fsp3) is 0.545. The minimum Gasteiger partial charge on any atom is -0.381 e. The summed E-state index contributed by atoms with van der Waals surface area (Å²) in [7, 11) is 0. The van der Waals surface area contributed by atoms with Crippen LogP contribution in [0.25, 0.3) is 10.6 Å². The summed E-state index contributed by atoms with van der Waals surface area (Å²) in [4.78, 5) is 9.37. The first-order valence-electron chi connectivity index (χ1n) is 10.5. The number of hydrogen-bond donors (Lipinski definition) is 2. The molecule has 3 rings (SSSR count). The van der Waals surface area contributed by atoms with Gasteiger partial charge in [-0.15, -0.1) is 11.3 Å². The van der Waals surface area contributed by atoms with Gasteiger partial charge in [0.1, 0.15) is 5.01 Å². The van der Waals surface area contributed by atoms with E-state index in [1.54, 1.807) is 11.3 Å². The lowest BCUT2D eigenvalue weighted by atomic mass is 10.0. The van der Waals surface area contributed by atoms with E-state index in [0.29, 0.717) is 12.5 Å². The van der Waals surface area contributed by atoms with Crippen molar-refractivity contribution in [3.8, 4) is 10.6 Å². The normalized spacial score (nSPS) is 15.4. The van der Waals surface area contributed by atoms with Gasteiger partial charge in [-0.3, -0.25) is 0 Å². The summed E-state index contributed by atoms with van der Waals surface area (Å²) in [6.07, 6.45) is 3.21. The molecule has 0 spiro atoms. The average molecular weight is 417 g/mol. The zero-order valence-electron chi connectivity index (χ0n) is 17.2. The van der Waals surface area contributed by atoms with E-state index in [1.807, 2.05) is 18.2 Å². The Bertz CT molecular complexity index is 729. The van der Waals surface area contributed by atoms with Crippen LogP contribution in [0, 0.1) is 5.92 Å². The van der Waals surface area contributed by atoms with Gasteiger partial charge in [0, 0.05) is 50.5 Å². The molecule has 0 saturated carbocycles. The first-order chi connectivity index (χ1) is 14.3. The summed E-state index contributed by atoms with van der Waals surface area (Å²) in [6, 6.07) is 10.3. The predicted octanol–water partition coefficient (Wildman–Crippen LogP) is 3.70. The number of aromatic nitrogens is 1. The van der Waals surface area contributed by atoms with Gasteiger partial charge in [0.2, 0.25) is 0 Å². The lowest BCUT2D eigenvalue weighted by Crippen LogP contribution is -2.38. The van der Waals surface area contributed by atoms with Crippen LogP contribution in [0.5, 0.6) is 0 Å². The molecule has 2 aromatic rings. The number of aliphatic imine (C=N–C) groups is 1. The molecular formula is C22H32N4O2S. The number of guanidine groups is 1. The Balaban J connectivity index is 1.37. The fourth-order valence-electron chi connectivity index (χ4n) is 3.14. The number of rotatable bonds is 10. The summed E-state index contributed by atoms with van der Waals surface area (Å²) in [5.41, 5.74) is 2.14.